The van der Waals surface area contributed by atoms with E-state index in [0.717, 1.165) is 18.2 Å². The Bertz CT molecular complexity index is 502. The molecule has 0 amide bonds. The zero-order valence-corrected chi connectivity index (χ0v) is 13.8. The predicted octanol–water partition coefficient (Wildman–Crippen LogP) is 3.38. The number of thiazole rings is 1. The van der Waals surface area contributed by atoms with Crippen molar-refractivity contribution in [2.24, 2.45) is 11.3 Å². The summed E-state index contributed by atoms with van der Waals surface area (Å²) >= 11 is 1.56. The van der Waals surface area contributed by atoms with Gasteiger partial charge in [0.2, 0.25) is 0 Å². The number of hydrogen-bond acceptors (Lipinski definition) is 4. The van der Waals surface area contributed by atoms with Crippen LogP contribution < -0.4 is 4.90 Å². The molecule has 1 aromatic heterocycles. The molecule has 1 aliphatic rings. The summed E-state index contributed by atoms with van der Waals surface area (Å²) < 4.78 is 0. The summed E-state index contributed by atoms with van der Waals surface area (Å²) in [6, 6.07) is 0. The van der Waals surface area contributed by atoms with Crippen LogP contribution in [0.4, 0.5) is 5.13 Å². The minimum Gasteiger partial charge on any atom is -0.481 e. The normalized spacial score (nSPS) is 20.4. The van der Waals surface area contributed by atoms with E-state index in [1.54, 1.807) is 25.2 Å². The van der Waals surface area contributed by atoms with Crippen LogP contribution in [0.2, 0.25) is 0 Å². The Morgan fingerprint density at radius 3 is 2.55 bits per heavy atom. The zero-order valence-electron chi connectivity index (χ0n) is 12.9. The van der Waals surface area contributed by atoms with E-state index in [2.05, 4.69) is 30.7 Å². The minimum absolute atomic E-state index is 0.315. The van der Waals surface area contributed by atoms with E-state index >= 15 is 0 Å². The van der Waals surface area contributed by atoms with E-state index < -0.39 is 11.4 Å². The van der Waals surface area contributed by atoms with Crippen LogP contribution in [0.15, 0.2) is 5.38 Å². The maximum Gasteiger partial charge on any atom is 0.315 e. The molecule has 0 bridgehead atoms. The lowest BCUT2D eigenvalue weighted by molar-refractivity contribution is -0.142. The predicted molar refractivity (Wildman–Crippen MR) is 82.6 cm³/mol. The highest BCUT2D eigenvalue weighted by Gasteiger charge is 2.35. The van der Waals surface area contributed by atoms with Crippen LogP contribution in [0.1, 0.15) is 46.7 Å². The van der Waals surface area contributed by atoms with Crippen LogP contribution in [0.3, 0.4) is 0 Å². The molecule has 0 radical (unpaired) electrons. The first-order valence-corrected chi connectivity index (χ1v) is 7.94. The molecule has 0 spiro atoms. The highest BCUT2D eigenvalue weighted by molar-refractivity contribution is 7.13. The SMILES string of the molecule is CC(C)(C(=O)O)c1csc(N2CCC(C(C)(C)C)C2)n1. The largest absolute Gasteiger partial charge is 0.481 e. The Kier molecular flexibility index (Phi) is 3.84. The van der Waals surface area contributed by atoms with Crippen LogP contribution >= 0.6 is 11.3 Å². The number of aromatic nitrogens is 1. The second kappa shape index (κ2) is 5.02. The number of aliphatic carboxylic acids is 1. The highest BCUT2D eigenvalue weighted by Crippen LogP contribution is 2.37. The fourth-order valence-corrected chi connectivity index (χ4v) is 3.48. The fraction of sp³-hybridized carbons (Fsp3) is 0.733. The van der Waals surface area contributed by atoms with Crippen molar-refractivity contribution in [1.29, 1.82) is 0 Å². The van der Waals surface area contributed by atoms with Gasteiger partial charge in [0.25, 0.3) is 0 Å². The summed E-state index contributed by atoms with van der Waals surface area (Å²) in [5.41, 5.74) is 0.0526. The molecule has 1 fully saturated rings. The van der Waals surface area contributed by atoms with Gasteiger partial charge < -0.3 is 10.0 Å². The number of anilines is 1. The third-order valence-corrected chi connectivity index (χ3v) is 5.25. The van der Waals surface area contributed by atoms with E-state index in [4.69, 9.17) is 0 Å². The molecule has 2 heterocycles. The lowest BCUT2D eigenvalue weighted by Crippen LogP contribution is -2.29. The lowest BCUT2D eigenvalue weighted by atomic mass is 9.80. The molecule has 1 N–H and O–H groups in total. The molecule has 1 atom stereocenters. The van der Waals surface area contributed by atoms with Crippen LogP contribution in [0.25, 0.3) is 0 Å². The van der Waals surface area contributed by atoms with Gasteiger partial charge in [-0.3, -0.25) is 4.79 Å². The second-order valence-electron chi connectivity index (χ2n) is 7.24. The number of carbonyl (C=O) groups is 1. The Morgan fingerprint density at radius 1 is 1.40 bits per heavy atom. The van der Waals surface area contributed by atoms with Crippen molar-refractivity contribution in [3.8, 4) is 0 Å². The van der Waals surface area contributed by atoms with E-state index in [1.807, 2.05) is 5.38 Å². The second-order valence-corrected chi connectivity index (χ2v) is 8.08. The summed E-state index contributed by atoms with van der Waals surface area (Å²) in [4.78, 5) is 18.1. The van der Waals surface area contributed by atoms with Gasteiger partial charge in [-0.15, -0.1) is 11.3 Å². The molecule has 1 unspecified atom stereocenters. The first-order chi connectivity index (χ1) is 9.12. The fourth-order valence-electron chi connectivity index (χ4n) is 2.45. The molecule has 20 heavy (non-hydrogen) atoms. The number of rotatable bonds is 3. The van der Waals surface area contributed by atoms with Crippen molar-refractivity contribution in [1.82, 2.24) is 4.98 Å². The van der Waals surface area contributed by atoms with Crippen molar-refractivity contribution in [2.75, 3.05) is 18.0 Å². The molecule has 112 valence electrons. The molecule has 0 saturated carbocycles. The van der Waals surface area contributed by atoms with Gasteiger partial charge in [-0.2, -0.15) is 0 Å². The third kappa shape index (κ3) is 2.82. The zero-order chi connectivity index (χ0) is 15.1. The molecular weight excluding hydrogens is 272 g/mol. The van der Waals surface area contributed by atoms with E-state index in [9.17, 15) is 9.90 Å². The minimum atomic E-state index is -0.919. The van der Waals surface area contributed by atoms with Gasteiger partial charge in [0.15, 0.2) is 5.13 Å². The van der Waals surface area contributed by atoms with Gasteiger partial charge in [-0.1, -0.05) is 20.8 Å². The van der Waals surface area contributed by atoms with Gasteiger partial charge in [-0.25, -0.2) is 4.98 Å². The van der Waals surface area contributed by atoms with E-state index in [1.165, 1.54) is 6.42 Å². The maximum atomic E-state index is 11.3. The monoisotopic (exact) mass is 296 g/mol. The number of nitrogens with zero attached hydrogens (tertiary/aromatic N) is 2. The molecule has 5 heteroatoms. The Labute approximate surface area is 124 Å². The number of carboxylic acids is 1. The van der Waals surface area contributed by atoms with Gasteiger partial charge >= 0.3 is 5.97 Å². The van der Waals surface area contributed by atoms with Crippen molar-refractivity contribution >= 4 is 22.4 Å². The van der Waals surface area contributed by atoms with Gasteiger partial charge in [0, 0.05) is 18.5 Å². The molecule has 4 nitrogen and oxygen atoms in total. The number of hydrogen-bond donors (Lipinski definition) is 1. The smallest absolute Gasteiger partial charge is 0.315 e. The van der Waals surface area contributed by atoms with Gasteiger partial charge in [-0.05, 0) is 31.6 Å². The molecular formula is C15H24N2O2S. The average Bonchev–Trinajstić information content (AvgIpc) is 2.96. The standard InChI is InChI=1S/C15H24N2O2S/c1-14(2,3)10-6-7-17(8-10)13-16-11(9-20-13)15(4,5)12(18)19/h9-10H,6-8H2,1-5H3,(H,18,19). The van der Waals surface area contributed by atoms with Crippen LogP contribution in [0, 0.1) is 11.3 Å². The molecule has 1 aliphatic heterocycles. The Morgan fingerprint density at radius 2 is 2.05 bits per heavy atom. The number of carboxylic acid groups (broad SMARTS) is 1. The van der Waals surface area contributed by atoms with Gasteiger partial charge in [0.1, 0.15) is 5.41 Å². The van der Waals surface area contributed by atoms with Gasteiger partial charge in [0.05, 0.1) is 5.69 Å². The van der Waals surface area contributed by atoms with Crippen LogP contribution in [0.5, 0.6) is 0 Å². The summed E-state index contributed by atoms with van der Waals surface area (Å²) in [6.07, 6.45) is 1.18. The van der Waals surface area contributed by atoms with Crippen molar-refractivity contribution in [3.63, 3.8) is 0 Å². The topological polar surface area (TPSA) is 53.4 Å². The third-order valence-electron chi connectivity index (χ3n) is 4.35. The maximum absolute atomic E-state index is 11.3. The molecule has 1 aromatic rings. The summed E-state index contributed by atoms with van der Waals surface area (Å²) in [5, 5.41) is 12.1. The molecule has 0 aliphatic carbocycles. The summed E-state index contributed by atoms with van der Waals surface area (Å²) in [7, 11) is 0. The average molecular weight is 296 g/mol. The summed E-state index contributed by atoms with van der Waals surface area (Å²) in [6.45, 7) is 12.3. The van der Waals surface area contributed by atoms with E-state index in [0.29, 0.717) is 17.0 Å². The first-order valence-electron chi connectivity index (χ1n) is 7.06. The van der Waals surface area contributed by atoms with Crippen molar-refractivity contribution in [3.05, 3.63) is 11.1 Å². The molecule has 1 saturated heterocycles. The molecule has 2 rings (SSSR count). The van der Waals surface area contributed by atoms with E-state index in [-0.39, 0.29) is 0 Å². The van der Waals surface area contributed by atoms with Crippen molar-refractivity contribution < 1.29 is 9.90 Å². The van der Waals surface area contributed by atoms with Crippen LogP contribution in [-0.2, 0) is 10.2 Å². The van der Waals surface area contributed by atoms with Crippen molar-refractivity contribution in [2.45, 2.75) is 46.5 Å². The summed E-state index contributed by atoms with van der Waals surface area (Å²) in [5.74, 6) is -0.161. The first kappa shape index (κ1) is 15.3. The van der Waals surface area contributed by atoms with Crippen LogP contribution in [-0.4, -0.2) is 29.1 Å². The Hall–Kier alpha value is -1.10. The molecule has 0 aromatic carbocycles. The Balaban J connectivity index is 2.13. The quantitative estimate of drug-likeness (QED) is 0.929. The highest BCUT2D eigenvalue weighted by atomic mass is 32.1. The lowest BCUT2D eigenvalue weighted by Gasteiger charge is -2.26.